The molecular weight excluding hydrogens is 462 g/mol. The molecule has 1 N–H and O–H groups in total. The van der Waals surface area contributed by atoms with Gasteiger partial charge in [0.1, 0.15) is 18.9 Å². The Hall–Kier alpha value is -2.58. The lowest BCUT2D eigenvalue weighted by Gasteiger charge is -2.37. The number of rotatable bonds is 9. The number of urea groups is 1. The average molecular weight is 502 g/mol. The van der Waals surface area contributed by atoms with Gasteiger partial charge >= 0.3 is 6.03 Å². The number of carbonyl (C=O) groups excluding carboxylic acids is 2. The molecule has 8 heteroatoms. The summed E-state index contributed by atoms with van der Waals surface area (Å²) in [6, 6.07) is 9.77. The van der Waals surface area contributed by atoms with E-state index in [2.05, 4.69) is 42.7 Å². The van der Waals surface area contributed by atoms with E-state index in [1.54, 1.807) is 18.4 Å². The summed E-state index contributed by atoms with van der Waals surface area (Å²) in [6.07, 6.45) is 0.810. The van der Waals surface area contributed by atoms with Crippen molar-refractivity contribution in [3.05, 3.63) is 51.7 Å². The van der Waals surface area contributed by atoms with E-state index >= 15 is 0 Å². The Kier molecular flexibility index (Phi) is 9.19. The Balaban J connectivity index is 1.74. The molecule has 0 unspecified atom stereocenters. The number of methoxy groups -OCH3 is 1. The van der Waals surface area contributed by atoms with Gasteiger partial charge in [0.25, 0.3) is 0 Å². The fourth-order valence-corrected chi connectivity index (χ4v) is 5.03. The maximum atomic E-state index is 13.5. The number of hydrogen-bond donors (Lipinski definition) is 1. The summed E-state index contributed by atoms with van der Waals surface area (Å²) in [6.45, 7) is 11.7. The second-order valence-electron chi connectivity index (χ2n) is 10.3. The average Bonchev–Trinajstić information content (AvgIpc) is 3.28. The predicted molar refractivity (Wildman–Crippen MR) is 140 cm³/mol. The zero-order valence-electron chi connectivity index (χ0n) is 21.8. The minimum Gasteiger partial charge on any atom is -0.491 e. The summed E-state index contributed by atoms with van der Waals surface area (Å²) in [5, 5.41) is 5.03. The lowest BCUT2D eigenvalue weighted by molar-refractivity contribution is -0.135. The summed E-state index contributed by atoms with van der Waals surface area (Å²) < 4.78 is 11.4. The van der Waals surface area contributed by atoms with Gasteiger partial charge < -0.3 is 24.6 Å². The highest BCUT2D eigenvalue weighted by Gasteiger charge is 2.34. The molecule has 0 aliphatic carbocycles. The number of carbonyl (C=O) groups is 2. The molecule has 0 saturated carbocycles. The first-order valence-corrected chi connectivity index (χ1v) is 13.1. The van der Waals surface area contributed by atoms with Crippen LogP contribution in [-0.4, -0.2) is 67.2 Å². The minimum absolute atomic E-state index is 0.00959. The van der Waals surface area contributed by atoms with Gasteiger partial charge in [0.15, 0.2) is 0 Å². The third-order valence-corrected chi connectivity index (χ3v) is 7.03. The Morgan fingerprint density at radius 1 is 1.20 bits per heavy atom. The first kappa shape index (κ1) is 27.0. The third kappa shape index (κ3) is 7.45. The Bertz CT molecular complexity index is 981. The Morgan fingerprint density at radius 2 is 1.91 bits per heavy atom. The van der Waals surface area contributed by atoms with Crippen LogP contribution >= 0.6 is 11.3 Å². The number of hydrogen-bond acceptors (Lipinski definition) is 5. The number of ether oxygens (including phenoxy) is 2. The fraction of sp³-hybridized carbons (Fsp3) is 0.556. The van der Waals surface area contributed by atoms with Crippen LogP contribution in [0.1, 0.15) is 62.6 Å². The lowest BCUT2D eigenvalue weighted by Crippen LogP contribution is -2.53. The smallest absolute Gasteiger partial charge is 0.318 e. The molecule has 1 aromatic heterocycles. The van der Waals surface area contributed by atoms with Crippen molar-refractivity contribution in [3.8, 4) is 5.75 Å². The highest BCUT2D eigenvalue weighted by molar-refractivity contribution is 7.10. The van der Waals surface area contributed by atoms with Crippen molar-refractivity contribution >= 4 is 23.3 Å². The van der Waals surface area contributed by atoms with E-state index in [9.17, 15) is 9.59 Å². The van der Waals surface area contributed by atoms with Gasteiger partial charge in [-0.25, -0.2) is 4.79 Å². The molecule has 1 atom stereocenters. The molecule has 2 aromatic rings. The van der Waals surface area contributed by atoms with Gasteiger partial charge in [-0.2, -0.15) is 0 Å². The summed E-state index contributed by atoms with van der Waals surface area (Å²) in [4.78, 5) is 31.1. The van der Waals surface area contributed by atoms with Crippen molar-refractivity contribution in [2.75, 3.05) is 40.0 Å². The van der Waals surface area contributed by atoms with Gasteiger partial charge in [-0.3, -0.25) is 4.79 Å². The van der Waals surface area contributed by atoms with Crippen LogP contribution < -0.4 is 10.1 Å². The normalized spacial score (nSPS) is 15.6. The number of amides is 3. The molecule has 0 spiro atoms. The van der Waals surface area contributed by atoms with Crippen LogP contribution in [-0.2, 0) is 16.0 Å². The second-order valence-corrected chi connectivity index (χ2v) is 11.3. The van der Waals surface area contributed by atoms with E-state index in [1.165, 1.54) is 15.3 Å². The first-order valence-electron chi connectivity index (χ1n) is 12.2. The number of nitrogens with zero attached hydrogens (tertiary/aromatic N) is 2. The number of nitrogens with one attached hydrogen (secondary N) is 1. The summed E-state index contributed by atoms with van der Waals surface area (Å²) >= 11 is 1.72. The Labute approximate surface area is 213 Å². The van der Waals surface area contributed by atoms with E-state index in [1.807, 2.05) is 37.8 Å². The molecule has 0 saturated heterocycles. The highest BCUT2D eigenvalue weighted by Crippen LogP contribution is 2.34. The molecule has 7 nitrogen and oxygen atoms in total. The maximum Gasteiger partial charge on any atom is 0.318 e. The molecule has 1 aliphatic heterocycles. The van der Waals surface area contributed by atoms with Gasteiger partial charge in [-0.15, -0.1) is 11.3 Å². The van der Waals surface area contributed by atoms with Crippen LogP contribution in [0.2, 0.25) is 0 Å². The molecule has 1 aromatic carbocycles. The first-order chi connectivity index (χ1) is 16.6. The molecule has 3 amide bonds. The SMILES string of the molecule is COCCN(CC(=O)N1CCc2sccc2[C@H]1COc1ccc(C(C)C)cc1)C(=O)NC(C)(C)C. The van der Waals surface area contributed by atoms with Gasteiger partial charge in [0.2, 0.25) is 5.91 Å². The van der Waals surface area contributed by atoms with Gasteiger partial charge in [0, 0.05) is 30.6 Å². The lowest BCUT2D eigenvalue weighted by atomic mass is 10.00. The van der Waals surface area contributed by atoms with Crippen LogP contribution in [0.5, 0.6) is 5.75 Å². The number of fused-ring (bicyclic) bond motifs is 1. The predicted octanol–water partition coefficient (Wildman–Crippen LogP) is 4.83. The fourth-order valence-electron chi connectivity index (χ4n) is 4.11. The van der Waals surface area contributed by atoms with Gasteiger partial charge in [-0.1, -0.05) is 26.0 Å². The molecule has 3 rings (SSSR count). The van der Waals surface area contributed by atoms with Crippen molar-refractivity contribution in [1.82, 2.24) is 15.1 Å². The Morgan fingerprint density at radius 3 is 2.54 bits per heavy atom. The van der Waals surface area contributed by atoms with Crippen molar-refractivity contribution in [2.24, 2.45) is 0 Å². The van der Waals surface area contributed by atoms with Crippen molar-refractivity contribution in [2.45, 2.75) is 58.5 Å². The van der Waals surface area contributed by atoms with Crippen molar-refractivity contribution in [3.63, 3.8) is 0 Å². The summed E-state index contributed by atoms with van der Waals surface area (Å²) in [7, 11) is 1.59. The largest absolute Gasteiger partial charge is 0.491 e. The van der Waals surface area contributed by atoms with Crippen LogP contribution in [0.25, 0.3) is 0 Å². The molecule has 2 heterocycles. The monoisotopic (exact) mass is 501 g/mol. The highest BCUT2D eigenvalue weighted by atomic mass is 32.1. The number of benzene rings is 1. The molecular formula is C27H39N3O4S. The minimum atomic E-state index is -0.399. The van der Waals surface area contributed by atoms with E-state index in [-0.39, 0.29) is 24.5 Å². The van der Waals surface area contributed by atoms with Crippen LogP contribution in [0.3, 0.4) is 0 Å². The van der Waals surface area contributed by atoms with Gasteiger partial charge in [0.05, 0.1) is 12.6 Å². The second kappa shape index (κ2) is 11.9. The third-order valence-electron chi connectivity index (χ3n) is 6.03. The van der Waals surface area contributed by atoms with E-state index in [0.29, 0.717) is 32.2 Å². The molecule has 0 bridgehead atoms. The van der Waals surface area contributed by atoms with Crippen molar-refractivity contribution in [1.29, 1.82) is 0 Å². The molecule has 1 aliphatic rings. The quantitative estimate of drug-likeness (QED) is 0.534. The topological polar surface area (TPSA) is 71.1 Å². The number of thiophene rings is 1. The van der Waals surface area contributed by atoms with Gasteiger partial charge in [-0.05, 0) is 67.8 Å². The van der Waals surface area contributed by atoms with Crippen LogP contribution in [0.4, 0.5) is 4.79 Å². The van der Waals surface area contributed by atoms with Crippen molar-refractivity contribution < 1.29 is 19.1 Å². The molecule has 192 valence electrons. The molecule has 0 fully saturated rings. The molecule has 35 heavy (non-hydrogen) atoms. The standard InChI is InChI=1S/C27H39N3O4S/c1-19(2)20-7-9-21(10-8-20)34-18-23-22-12-16-35-24(22)11-13-30(23)25(31)17-29(14-15-33-6)26(32)28-27(3,4)5/h7-10,12,16,19,23H,11,13-15,17-18H2,1-6H3,(H,28,32)/t23-/m1/s1. The van der Waals surface area contributed by atoms with E-state index < -0.39 is 5.54 Å². The zero-order valence-corrected chi connectivity index (χ0v) is 22.6. The summed E-state index contributed by atoms with van der Waals surface area (Å²) in [5.41, 5.74) is 2.00. The zero-order chi connectivity index (χ0) is 25.6. The van der Waals surface area contributed by atoms with E-state index in [0.717, 1.165) is 17.7 Å². The maximum absolute atomic E-state index is 13.5. The summed E-state index contributed by atoms with van der Waals surface area (Å²) in [5.74, 6) is 1.15. The van der Waals surface area contributed by atoms with Crippen LogP contribution in [0.15, 0.2) is 35.7 Å². The van der Waals surface area contributed by atoms with Crippen LogP contribution in [0, 0.1) is 0 Å². The molecule has 0 radical (unpaired) electrons. The van der Waals surface area contributed by atoms with E-state index in [4.69, 9.17) is 9.47 Å².